The molecule has 0 atom stereocenters. The Kier molecular flexibility index (Phi) is 5.97. The fourth-order valence-corrected chi connectivity index (χ4v) is 5.33. The lowest BCUT2D eigenvalue weighted by molar-refractivity contribution is 0.0691. The SMILES string of the molecule is CSc1ncc(Cl)c(C(=O)N2CCN(S(=O)(=O)c3ccc4ccccc4c3)CC2)n1. The zero-order chi connectivity index (χ0) is 21.3. The molecule has 1 aliphatic rings. The maximum absolute atomic E-state index is 13.1. The summed E-state index contributed by atoms with van der Waals surface area (Å²) in [5.74, 6) is -0.319. The number of thioether (sulfide) groups is 1. The highest BCUT2D eigenvalue weighted by Gasteiger charge is 2.31. The summed E-state index contributed by atoms with van der Waals surface area (Å²) >= 11 is 7.43. The number of carbonyl (C=O) groups is 1. The van der Waals surface area contributed by atoms with Crippen molar-refractivity contribution < 1.29 is 13.2 Å². The van der Waals surface area contributed by atoms with Crippen molar-refractivity contribution in [2.75, 3.05) is 32.4 Å². The van der Waals surface area contributed by atoms with Crippen molar-refractivity contribution in [1.29, 1.82) is 0 Å². The van der Waals surface area contributed by atoms with Gasteiger partial charge in [-0.3, -0.25) is 4.79 Å². The quantitative estimate of drug-likeness (QED) is 0.437. The zero-order valence-corrected chi connectivity index (χ0v) is 18.5. The molecule has 0 spiro atoms. The van der Waals surface area contributed by atoms with Crippen LogP contribution in [0.15, 0.2) is 58.7 Å². The van der Waals surface area contributed by atoms with E-state index in [1.54, 1.807) is 17.0 Å². The monoisotopic (exact) mass is 462 g/mol. The van der Waals surface area contributed by atoms with Gasteiger partial charge in [0.2, 0.25) is 10.0 Å². The summed E-state index contributed by atoms with van der Waals surface area (Å²) in [6, 6.07) is 12.7. The molecule has 4 rings (SSSR count). The molecule has 0 radical (unpaired) electrons. The summed E-state index contributed by atoms with van der Waals surface area (Å²) in [7, 11) is -3.65. The predicted molar refractivity (Wildman–Crippen MR) is 117 cm³/mol. The number of rotatable bonds is 4. The molecule has 3 aromatic rings. The number of nitrogens with zero attached hydrogens (tertiary/aromatic N) is 4. The van der Waals surface area contributed by atoms with E-state index in [1.807, 2.05) is 36.6 Å². The fourth-order valence-electron chi connectivity index (χ4n) is 3.36. The van der Waals surface area contributed by atoms with E-state index >= 15 is 0 Å². The maximum atomic E-state index is 13.1. The van der Waals surface area contributed by atoms with Gasteiger partial charge in [0.05, 0.1) is 16.1 Å². The predicted octanol–water partition coefficient (Wildman–Crippen LogP) is 3.15. The minimum absolute atomic E-state index is 0.141. The Morgan fingerprint density at radius 2 is 1.77 bits per heavy atom. The molecule has 7 nitrogen and oxygen atoms in total. The van der Waals surface area contributed by atoms with Gasteiger partial charge in [-0.05, 0) is 29.2 Å². The molecule has 10 heteroatoms. The van der Waals surface area contributed by atoms with E-state index in [2.05, 4.69) is 9.97 Å². The Labute approximate surface area is 184 Å². The van der Waals surface area contributed by atoms with Gasteiger partial charge in [0.15, 0.2) is 10.9 Å². The fraction of sp³-hybridized carbons (Fsp3) is 0.250. The van der Waals surface area contributed by atoms with Crippen molar-refractivity contribution in [1.82, 2.24) is 19.2 Å². The second-order valence-corrected chi connectivity index (χ2v) is 9.88. The van der Waals surface area contributed by atoms with Crippen LogP contribution in [0.5, 0.6) is 0 Å². The maximum Gasteiger partial charge on any atom is 0.274 e. The van der Waals surface area contributed by atoms with Crippen LogP contribution < -0.4 is 0 Å². The molecule has 0 N–H and O–H groups in total. The topological polar surface area (TPSA) is 83.5 Å². The van der Waals surface area contributed by atoms with Crippen LogP contribution in [0.1, 0.15) is 10.5 Å². The summed E-state index contributed by atoms with van der Waals surface area (Å²) in [6.07, 6.45) is 3.22. The second-order valence-electron chi connectivity index (χ2n) is 6.76. The number of amides is 1. The summed E-state index contributed by atoms with van der Waals surface area (Å²) in [5.41, 5.74) is 0.141. The Bertz CT molecular complexity index is 1210. The van der Waals surface area contributed by atoms with Crippen molar-refractivity contribution in [3.8, 4) is 0 Å². The highest BCUT2D eigenvalue weighted by atomic mass is 35.5. The molecule has 2 aromatic carbocycles. The number of hydrogen-bond donors (Lipinski definition) is 0. The highest BCUT2D eigenvalue weighted by Crippen LogP contribution is 2.24. The number of hydrogen-bond acceptors (Lipinski definition) is 6. The summed E-state index contributed by atoms with van der Waals surface area (Å²) in [5, 5.41) is 2.50. The summed E-state index contributed by atoms with van der Waals surface area (Å²) in [4.78, 5) is 22.9. The Hall–Kier alpha value is -2.20. The van der Waals surface area contributed by atoms with E-state index in [4.69, 9.17) is 11.6 Å². The van der Waals surface area contributed by atoms with Gasteiger partial charge in [0, 0.05) is 26.2 Å². The molecule has 1 aromatic heterocycles. The minimum Gasteiger partial charge on any atom is -0.335 e. The number of fused-ring (bicyclic) bond motifs is 1. The van der Waals surface area contributed by atoms with E-state index in [-0.39, 0.29) is 47.7 Å². The number of sulfonamides is 1. The van der Waals surface area contributed by atoms with Crippen LogP contribution in [0.3, 0.4) is 0 Å². The first-order valence-electron chi connectivity index (χ1n) is 9.25. The molecule has 1 aliphatic heterocycles. The van der Waals surface area contributed by atoms with Crippen LogP contribution >= 0.6 is 23.4 Å². The summed E-state index contributed by atoms with van der Waals surface area (Å²) < 4.78 is 27.6. The molecule has 1 fully saturated rings. The van der Waals surface area contributed by atoms with Crippen molar-refractivity contribution >= 4 is 50.1 Å². The van der Waals surface area contributed by atoms with E-state index in [9.17, 15) is 13.2 Å². The third-order valence-corrected chi connectivity index (χ3v) is 7.72. The van der Waals surface area contributed by atoms with Gasteiger partial charge in [-0.2, -0.15) is 4.31 Å². The highest BCUT2D eigenvalue weighted by molar-refractivity contribution is 7.98. The van der Waals surface area contributed by atoms with Crippen LogP contribution in [0.25, 0.3) is 10.8 Å². The minimum atomic E-state index is -3.65. The Morgan fingerprint density at radius 1 is 1.07 bits per heavy atom. The van der Waals surface area contributed by atoms with Crippen molar-refractivity contribution in [2.45, 2.75) is 10.1 Å². The molecule has 156 valence electrons. The van der Waals surface area contributed by atoms with Crippen LogP contribution in [0, 0.1) is 0 Å². The van der Waals surface area contributed by atoms with Crippen molar-refractivity contribution in [3.63, 3.8) is 0 Å². The first-order valence-corrected chi connectivity index (χ1v) is 12.3. The van der Waals surface area contributed by atoms with E-state index < -0.39 is 10.0 Å². The van der Waals surface area contributed by atoms with E-state index in [1.165, 1.54) is 22.3 Å². The van der Waals surface area contributed by atoms with Gasteiger partial charge in [-0.25, -0.2) is 18.4 Å². The number of benzene rings is 2. The average molecular weight is 463 g/mol. The molecule has 0 unspecified atom stereocenters. The van der Waals surface area contributed by atoms with Crippen LogP contribution in [-0.2, 0) is 10.0 Å². The van der Waals surface area contributed by atoms with Gasteiger partial charge in [0.25, 0.3) is 5.91 Å². The first-order chi connectivity index (χ1) is 14.4. The Balaban J connectivity index is 1.50. The molecule has 1 amide bonds. The standard InChI is InChI=1S/C20H19ClN4O3S2/c1-29-20-22-13-17(21)18(23-20)19(26)24-8-10-25(11-9-24)30(27,28)16-7-6-14-4-2-3-5-15(14)12-16/h2-7,12-13H,8-11H2,1H3. The van der Waals surface area contributed by atoms with Crippen LogP contribution in [0.4, 0.5) is 0 Å². The van der Waals surface area contributed by atoms with Gasteiger partial charge in [0.1, 0.15) is 0 Å². The average Bonchev–Trinajstić information content (AvgIpc) is 2.78. The normalized spacial score (nSPS) is 15.5. The third kappa shape index (κ3) is 4.02. The molecule has 2 heterocycles. The molecule has 1 saturated heterocycles. The van der Waals surface area contributed by atoms with Gasteiger partial charge >= 0.3 is 0 Å². The summed E-state index contributed by atoms with van der Waals surface area (Å²) in [6.45, 7) is 0.944. The lowest BCUT2D eigenvalue weighted by Crippen LogP contribution is -2.50. The molecule has 0 bridgehead atoms. The third-order valence-electron chi connectivity index (χ3n) is 4.99. The lowest BCUT2D eigenvalue weighted by Gasteiger charge is -2.34. The van der Waals surface area contributed by atoms with Gasteiger partial charge < -0.3 is 4.90 Å². The van der Waals surface area contributed by atoms with Gasteiger partial charge in [-0.1, -0.05) is 53.7 Å². The molecular formula is C20H19ClN4O3S2. The van der Waals surface area contributed by atoms with Crippen molar-refractivity contribution in [3.05, 3.63) is 59.4 Å². The second kappa shape index (κ2) is 8.50. The first kappa shape index (κ1) is 21.0. The number of halogens is 1. The van der Waals surface area contributed by atoms with Crippen LogP contribution in [0.2, 0.25) is 5.02 Å². The largest absolute Gasteiger partial charge is 0.335 e. The Morgan fingerprint density at radius 3 is 2.47 bits per heavy atom. The van der Waals surface area contributed by atoms with Gasteiger partial charge in [-0.15, -0.1) is 0 Å². The number of piperazine rings is 1. The number of carbonyl (C=O) groups excluding carboxylic acids is 1. The molecule has 30 heavy (non-hydrogen) atoms. The molecular weight excluding hydrogens is 444 g/mol. The van der Waals surface area contributed by atoms with E-state index in [0.29, 0.717) is 5.16 Å². The zero-order valence-electron chi connectivity index (χ0n) is 16.2. The van der Waals surface area contributed by atoms with E-state index in [0.717, 1.165) is 10.8 Å². The lowest BCUT2D eigenvalue weighted by atomic mass is 10.1. The van der Waals surface area contributed by atoms with Crippen molar-refractivity contribution in [2.24, 2.45) is 0 Å². The molecule has 0 aliphatic carbocycles. The number of aromatic nitrogens is 2. The van der Waals surface area contributed by atoms with Crippen LogP contribution in [-0.4, -0.2) is 65.9 Å². The smallest absolute Gasteiger partial charge is 0.274 e. The molecule has 0 saturated carbocycles.